The van der Waals surface area contributed by atoms with Crippen molar-refractivity contribution in [3.63, 3.8) is 0 Å². The van der Waals surface area contributed by atoms with Crippen molar-refractivity contribution < 1.29 is 17.2 Å². The van der Waals surface area contributed by atoms with Crippen LogP contribution in [0.25, 0.3) is 10.9 Å². The first-order valence-corrected chi connectivity index (χ1v) is 9.91. The molecule has 1 aliphatic rings. The van der Waals surface area contributed by atoms with Crippen molar-refractivity contribution in [3.8, 4) is 0 Å². The second-order valence-electron chi connectivity index (χ2n) is 6.71. The van der Waals surface area contributed by atoms with Gasteiger partial charge < -0.3 is 10.3 Å². The average molecular weight is 376 g/mol. The number of hydrogen-bond donors (Lipinski definition) is 2. The van der Waals surface area contributed by atoms with Gasteiger partial charge in [0.05, 0.1) is 9.79 Å². The van der Waals surface area contributed by atoms with Crippen molar-refractivity contribution >= 4 is 20.7 Å². The molecule has 2 N–H and O–H groups in total. The van der Waals surface area contributed by atoms with Crippen molar-refractivity contribution in [2.24, 2.45) is 0 Å². The van der Waals surface area contributed by atoms with Crippen molar-refractivity contribution in [1.29, 1.82) is 0 Å². The Kier molecular flexibility index (Phi) is 4.08. The Labute approximate surface area is 150 Å². The third-order valence-electron chi connectivity index (χ3n) is 4.80. The molecular weight excluding hydrogens is 358 g/mol. The van der Waals surface area contributed by atoms with Gasteiger partial charge in [-0.05, 0) is 55.8 Å². The third kappa shape index (κ3) is 2.91. The van der Waals surface area contributed by atoms with E-state index in [1.807, 2.05) is 0 Å². The molecule has 1 aromatic heterocycles. The molecule has 0 fully saturated rings. The zero-order chi connectivity index (χ0) is 18.5. The van der Waals surface area contributed by atoms with E-state index in [0.717, 1.165) is 53.7 Å². The van der Waals surface area contributed by atoms with E-state index in [4.69, 9.17) is 0 Å². The first-order valence-electron chi connectivity index (χ1n) is 8.42. The highest BCUT2D eigenvalue weighted by Gasteiger charge is 2.23. The van der Waals surface area contributed by atoms with Gasteiger partial charge in [0.15, 0.2) is 0 Å². The quantitative estimate of drug-likeness (QED) is 0.721. The Hall–Kier alpha value is -2.25. The van der Waals surface area contributed by atoms with E-state index in [1.54, 1.807) is 12.1 Å². The van der Waals surface area contributed by atoms with Gasteiger partial charge >= 0.3 is 0 Å². The van der Waals surface area contributed by atoms with Crippen LogP contribution in [-0.2, 0) is 22.7 Å². The molecule has 0 saturated carbocycles. The molecule has 1 aliphatic heterocycles. The van der Waals surface area contributed by atoms with Crippen LogP contribution >= 0.6 is 0 Å². The predicted molar refractivity (Wildman–Crippen MR) is 95.0 cm³/mol. The second kappa shape index (κ2) is 6.17. The minimum absolute atomic E-state index is 0.0297. The summed E-state index contributed by atoms with van der Waals surface area (Å²) in [5.74, 6) is -1.83. The molecule has 2 heterocycles. The number of H-pyrrole nitrogens is 1. The Balaban J connectivity index is 1.86. The van der Waals surface area contributed by atoms with Crippen LogP contribution in [-0.4, -0.2) is 26.0 Å². The number of nitrogens with one attached hydrogen (secondary N) is 2. The summed E-state index contributed by atoms with van der Waals surface area (Å²) >= 11 is 0. The molecule has 3 aromatic rings. The molecule has 0 amide bonds. The molecule has 0 spiro atoms. The molecule has 0 saturated heterocycles. The second-order valence-corrected chi connectivity index (χ2v) is 8.66. The lowest BCUT2D eigenvalue weighted by Gasteiger charge is -2.08. The minimum atomic E-state index is -4.01. The number of halogens is 2. The maximum atomic E-state index is 13.5. The summed E-state index contributed by atoms with van der Waals surface area (Å²) in [4.78, 5) is 3.01. The highest BCUT2D eigenvalue weighted by molar-refractivity contribution is 7.91. The maximum absolute atomic E-state index is 13.5. The van der Waals surface area contributed by atoms with Gasteiger partial charge in [-0.25, -0.2) is 17.2 Å². The van der Waals surface area contributed by atoms with Crippen molar-refractivity contribution in [2.75, 3.05) is 6.54 Å². The van der Waals surface area contributed by atoms with Gasteiger partial charge in [-0.3, -0.25) is 0 Å². The third-order valence-corrected chi connectivity index (χ3v) is 6.53. The van der Waals surface area contributed by atoms with Crippen LogP contribution in [0.1, 0.15) is 18.2 Å². The summed E-state index contributed by atoms with van der Waals surface area (Å²) in [5.41, 5.74) is 3.07. The molecule has 26 heavy (non-hydrogen) atoms. The lowest BCUT2D eigenvalue weighted by molar-refractivity contribution is 0.564. The van der Waals surface area contributed by atoms with Gasteiger partial charge in [0.1, 0.15) is 11.6 Å². The molecule has 136 valence electrons. The molecule has 4 rings (SSSR count). The monoisotopic (exact) mass is 376 g/mol. The van der Waals surface area contributed by atoms with Crippen LogP contribution in [0.15, 0.2) is 46.2 Å². The molecular formula is C19H18F2N2O2S. The van der Waals surface area contributed by atoms with Gasteiger partial charge in [-0.15, -0.1) is 0 Å². The van der Waals surface area contributed by atoms with E-state index < -0.39 is 21.5 Å². The molecule has 4 nitrogen and oxygen atoms in total. The molecule has 0 radical (unpaired) electrons. The largest absolute Gasteiger partial charge is 0.358 e. The summed E-state index contributed by atoms with van der Waals surface area (Å²) in [7, 11) is -4.01. The molecule has 7 heteroatoms. The summed E-state index contributed by atoms with van der Waals surface area (Å²) < 4.78 is 52.6. The van der Waals surface area contributed by atoms with Crippen LogP contribution < -0.4 is 5.32 Å². The van der Waals surface area contributed by atoms with Crippen LogP contribution in [0.4, 0.5) is 8.78 Å². The van der Waals surface area contributed by atoms with E-state index in [2.05, 4.69) is 17.2 Å². The smallest absolute Gasteiger partial charge is 0.206 e. The highest BCUT2D eigenvalue weighted by atomic mass is 32.2. The van der Waals surface area contributed by atoms with Crippen LogP contribution in [0.2, 0.25) is 0 Å². The molecule has 1 atom stereocenters. The van der Waals surface area contributed by atoms with Crippen LogP contribution in [0, 0.1) is 11.6 Å². The average Bonchev–Trinajstić information content (AvgIpc) is 2.79. The van der Waals surface area contributed by atoms with E-state index in [-0.39, 0.29) is 9.79 Å². The number of sulfone groups is 1. The van der Waals surface area contributed by atoms with Gasteiger partial charge in [0.25, 0.3) is 0 Å². The molecule has 2 aromatic carbocycles. The first kappa shape index (κ1) is 17.2. The Morgan fingerprint density at radius 2 is 1.77 bits per heavy atom. The van der Waals surface area contributed by atoms with E-state index >= 15 is 0 Å². The van der Waals surface area contributed by atoms with Gasteiger partial charge in [-0.1, -0.05) is 0 Å². The highest BCUT2D eigenvalue weighted by Crippen LogP contribution is 2.30. The minimum Gasteiger partial charge on any atom is -0.358 e. The zero-order valence-corrected chi connectivity index (χ0v) is 15.0. The van der Waals surface area contributed by atoms with Crippen molar-refractivity contribution in [3.05, 3.63) is 59.3 Å². The zero-order valence-electron chi connectivity index (χ0n) is 14.1. The van der Waals surface area contributed by atoms with Gasteiger partial charge in [-0.2, -0.15) is 0 Å². The Morgan fingerprint density at radius 3 is 2.50 bits per heavy atom. The summed E-state index contributed by atoms with van der Waals surface area (Å²) in [5, 5.41) is 4.25. The number of fused-ring (bicyclic) bond motifs is 3. The lowest BCUT2D eigenvalue weighted by atomic mass is 10.1. The fourth-order valence-electron chi connectivity index (χ4n) is 3.55. The van der Waals surface area contributed by atoms with Gasteiger partial charge in [0.2, 0.25) is 9.84 Å². The maximum Gasteiger partial charge on any atom is 0.206 e. The Bertz CT molecular complexity index is 1090. The lowest BCUT2D eigenvalue weighted by Crippen LogP contribution is -2.27. The summed E-state index contributed by atoms with van der Waals surface area (Å²) in [6.45, 7) is 2.92. The standard InChI is InChI=1S/C19H18F2N2O2S/c1-11-6-19-16(4-5-22-11)17-10-14(2-3-18(17)23-19)26(24,25)15-8-12(20)7-13(21)9-15/h2-3,7-11,22-23H,4-6H2,1H3. The predicted octanol–water partition coefficient (Wildman–Crippen LogP) is 3.36. The fourth-order valence-corrected chi connectivity index (χ4v) is 4.88. The van der Waals surface area contributed by atoms with Crippen LogP contribution in [0.3, 0.4) is 0 Å². The van der Waals surface area contributed by atoms with Crippen molar-refractivity contribution in [2.45, 2.75) is 35.6 Å². The van der Waals surface area contributed by atoms with Gasteiger partial charge in [0, 0.05) is 35.1 Å². The van der Waals surface area contributed by atoms with Crippen molar-refractivity contribution in [1.82, 2.24) is 10.3 Å². The summed E-state index contributed by atoms with van der Waals surface area (Å²) in [6.07, 6.45) is 1.62. The molecule has 0 aliphatic carbocycles. The van der Waals surface area contributed by atoms with E-state index in [1.165, 1.54) is 6.07 Å². The topological polar surface area (TPSA) is 62.0 Å². The number of aromatic nitrogens is 1. The SMILES string of the molecule is CC1Cc2[nH]c3ccc(S(=O)(=O)c4cc(F)cc(F)c4)cc3c2CCN1. The van der Waals surface area contributed by atoms with Crippen LogP contribution in [0.5, 0.6) is 0 Å². The van der Waals surface area contributed by atoms with E-state index in [9.17, 15) is 17.2 Å². The normalized spacial score (nSPS) is 17.9. The molecule has 1 unspecified atom stereocenters. The first-order chi connectivity index (χ1) is 12.3. The number of benzene rings is 2. The number of rotatable bonds is 2. The van der Waals surface area contributed by atoms with E-state index in [0.29, 0.717) is 12.1 Å². The fraction of sp³-hybridized carbons (Fsp3) is 0.263. The molecule has 0 bridgehead atoms. The number of hydrogen-bond acceptors (Lipinski definition) is 3. The summed E-state index contributed by atoms with van der Waals surface area (Å²) in [6, 6.07) is 7.45. The number of aromatic amines is 1. The Morgan fingerprint density at radius 1 is 1.04 bits per heavy atom.